The maximum Gasteiger partial charge on any atom is 0.369 e. The van der Waals surface area contributed by atoms with E-state index >= 15 is 0 Å². The first-order chi connectivity index (χ1) is 7.66. The molecule has 0 heterocycles. The fourth-order valence-electron chi connectivity index (χ4n) is 1.61. The lowest BCUT2D eigenvalue weighted by Crippen LogP contribution is -2.51. The van der Waals surface area contributed by atoms with Crippen LogP contribution in [-0.2, 0) is 8.85 Å². The van der Waals surface area contributed by atoms with Crippen LogP contribution in [0, 0.1) is 11.3 Å². The number of benzene rings is 1. The van der Waals surface area contributed by atoms with Gasteiger partial charge in [-0.2, -0.15) is 5.26 Å². The molecule has 4 heteroatoms. The maximum absolute atomic E-state index is 8.74. The van der Waals surface area contributed by atoms with E-state index < -0.39 is 8.56 Å². The zero-order valence-corrected chi connectivity index (χ0v) is 11.0. The van der Waals surface area contributed by atoms with E-state index in [0.29, 0.717) is 18.8 Å². The lowest BCUT2D eigenvalue weighted by molar-refractivity contribution is 0.202. The largest absolute Gasteiger partial charge is 0.391 e. The van der Waals surface area contributed by atoms with Crippen LogP contribution in [0.4, 0.5) is 0 Å². The lowest BCUT2D eigenvalue weighted by Gasteiger charge is -2.26. The molecule has 16 heavy (non-hydrogen) atoms. The predicted octanol–water partition coefficient (Wildman–Crippen LogP) is 1.91. The van der Waals surface area contributed by atoms with E-state index in [1.165, 1.54) is 0 Å². The summed E-state index contributed by atoms with van der Waals surface area (Å²) < 4.78 is 11.5. The summed E-state index contributed by atoms with van der Waals surface area (Å²) in [5, 5.41) is 9.80. The standard InChI is InChI=1S/C12H17NO2Si/c1-4-14-16(3,15-5-2)12-8-6-11(10-13)7-9-12/h6-9H,4-5H2,1-3H3. The zero-order chi connectivity index (χ0) is 12.0. The molecular weight excluding hydrogens is 218 g/mol. The molecule has 0 aliphatic rings. The van der Waals surface area contributed by atoms with E-state index in [1.807, 2.05) is 32.5 Å². The highest BCUT2D eigenvalue weighted by Gasteiger charge is 2.33. The summed E-state index contributed by atoms with van der Waals surface area (Å²) in [6.45, 7) is 7.24. The van der Waals surface area contributed by atoms with Gasteiger partial charge in [-0.25, -0.2) is 0 Å². The Bertz CT molecular complexity index is 364. The van der Waals surface area contributed by atoms with Crippen molar-refractivity contribution in [2.75, 3.05) is 13.2 Å². The number of hydrogen-bond donors (Lipinski definition) is 0. The molecule has 0 amide bonds. The zero-order valence-electron chi connectivity index (χ0n) is 9.99. The molecule has 0 radical (unpaired) electrons. The normalized spacial score (nSPS) is 11.1. The molecule has 0 aliphatic heterocycles. The van der Waals surface area contributed by atoms with E-state index in [1.54, 1.807) is 12.1 Å². The van der Waals surface area contributed by atoms with Crippen molar-refractivity contribution < 1.29 is 8.85 Å². The van der Waals surface area contributed by atoms with Crippen LogP contribution in [0.2, 0.25) is 6.55 Å². The molecule has 0 saturated carbocycles. The molecule has 0 saturated heterocycles. The van der Waals surface area contributed by atoms with Crippen LogP contribution in [0.1, 0.15) is 19.4 Å². The maximum atomic E-state index is 8.74. The van der Waals surface area contributed by atoms with Gasteiger partial charge < -0.3 is 8.85 Å². The Hall–Kier alpha value is -1.15. The quantitative estimate of drug-likeness (QED) is 0.732. The van der Waals surface area contributed by atoms with Gasteiger partial charge in [0.15, 0.2) is 0 Å². The molecule has 0 aromatic heterocycles. The van der Waals surface area contributed by atoms with Gasteiger partial charge >= 0.3 is 8.56 Å². The van der Waals surface area contributed by atoms with Crippen LogP contribution in [0.25, 0.3) is 0 Å². The Morgan fingerprint density at radius 2 is 1.62 bits per heavy atom. The van der Waals surface area contributed by atoms with Crippen molar-refractivity contribution >= 4 is 13.7 Å². The highest BCUT2D eigenvalue weighted by atomic mass is 28.4. The molecule has 0 spiro atoms. The molecule has 1 aromatic rings. The lowest BCUT2D eigenvalue weighted by atomic mass is 10.2. The van der Waals surface area contributed by atoms with Crippen LogP contribution >= 0.6 is 0 Å². The molecule has 86 valence electrons. The summed E-state index contributed by atoms with van der Waals surface area (Å²) in [5.41, 5.74) is 0.660. The van der Waals surface area contributed by atoms with Crippen molar-refractivity contribution in [1.29, 1.82) is 5.26 Å². The number of rotatable bonds is 5. The average molecular weight is 235 g/mol. The van der Waals surface area contributed by atoms with E-state index in [-0.39, 0.29) is 0 Å². The topological polar surface area (TPSA) is 42.2 Å². The minimum Gasteiger partial charge on any atom is -0.391 e. The Morgan fingerprint density at radius 1 is 1.12 bits per heavy atom. The molecule has 0 fully saturated rings. The van der Waals surface area contributed by atoms with E-state index in [4.69, 9.17) is 14.1 Å². The summed E-state index contributed by atoms with van der Waals surface area (Å²) in [7, 11) is -2.27. The van der Waals surface area contributed by atoms with Gasteiger partial charge in [-0.15, -0.1) is 0 Å². The first-order valence-electron chi connectivity index (χ1n) is 5.44. The van der Waals surface area contributed by atoms with Crippen LogP contribution in [0.3, 0.4) is 0 Å². The van der Waals surface area contributed by atoms with Crippen molar-refractivity contribution in [2.45, 2.75) is 20.4 Å². The third-order valence-electron chi connectivity index (χ3n) is 2.38. The summed E-state index contributed by atoms with van der Waals surface area (Å²) in [4.78, 5) is 0. The monoisotopic (exact) mass is 235 g/mol. The van der Waals surface area contributed by atoms with Crippen LogP contribution in [-0.4, -0.2) is 21.8 Å². The molecule has 3 nitrogen and oxygen atoms in total. The van der Waals surface area contributed by atoms with Gasteiger partial charge in [0.1, 0.15) is 0 Å². The Morgan fingerprint density at radius 3 is 2.00 bits per heavy atom. The van der Waals surface area contributed by atoms with Crippen molar-refractivity contribution in [1.82, 2.24) is 0 Å². The van der Waals surface area contributed by atoms with E-state index in [9.17, 15) is 0 Å². The molecule has 0 atom stereocenters. The van der Waals surface area contributed by atoms with Crippen LogP contribution < -0.4 is 5.19 Å². The predicted molar refractivity (Wildman–Crippen MR) is 65.7 cm³/mol. The second kappa shape index (κ2) is 5.80. The van der Waals surface area contributed by atoms with Gasteiger partial charge in [0.25, 0.3) is 0 Å². The number of hydrogen-bond acceptors (Lipinski definition) is 3. The van der Waals surface area contributed by atoms with Gasteiger partial charge in [-0.05, 0) is 37.7 Å². The Balaban J connectivity index is 2.97. The smallest absolute Gasteiger partial charge is 0.369 e. The van der Waals surface area contributed by atoms with Gasteiger partial charge in [-0.3, -0.25) is 0 Å². The SMILES string of the molecule is CCO[Si](C)(OCC)c1ccc(C#N)cc1. The minimum absolute atomic E-state index is 0.642. The molecule has 0 aliphatic carbocycles. The van der Waals surface area contributed by atoms with Gasteiger partial charge in [0.2, 0.25) is 0 Å². The van der Waals surface area contributed by atoms with Gasteiger partial charge in [0, 0.05) is 13.2 Å². The second-order valence-electron chi connectivity index (χ2n) is 3.50. The molecule has 1 aromatic carbocycles. The van der Waals surface area contributed by atoms with Crippen LogP contribution in [0.5, 0.6) is 0 Å². The molecule has 1 rings (SSSR count). The minimum atomic E-state index is -2.27. The Kier molecular flexibility index (Phi) is 4.68. The first kappa shape index (κ1) is 12.9. The van der Waals surface area contributed by atoms with Crippen LogP contribution in [0.15, 0.2) is 24.3 Å². The van der Waals surface area contributed by atoms with Crippen molar-refractivity contribution in [3.05, 3.63) is 29.8 Å². The molecule has 0 N–H and O–H groups in total. The molecule has 0 bridgehead atoms. The summed E-state index contributed by atoms with van der Waals surface area (Å²) in [6, 6.07) is 9.57. The summed E-state index contributed by atoms with van der Waals surface area (Å²) >= 11 is 0. The van der Waals surface area contributed by atoms with Gasteiger partial charge in [-0.1, -0.05) is 12.1 Å². The third-order valence-corrected chi connectivity index (χ3v) is 5.44. The van der Waals surface area contributed by atoms with Crippen molar-refractivity contribution in [3.63, 3.8) is 0 Å². The first-order valence-corrected chi connectivity index (χ1v) is 7.76. The fraction of sp³-hybridized carbons (Fsp3) is 0.417. The molecular formula is C12H17NO2Si. The Labute approximate surface area is 97.9 Å². The number of nitrogens with zero attached hydrogens (tertiary/aromatic N) is 1. The highest BCUT2D eigenvalue weighted by Crippen LogP contribution is 2.08. The van der Waals surface area contributed by atoms with E-state index in [0.717, 1.165) is 5.19 Å². The number of nitriles is 1. The van der Waals surface area contributed by atoms with E-state index in [2.05, 4.69) is 6.07 Å². The van der Waals surface area contributed by atoms with Crippen molar-refractivity contribution in [3.8, 4) is 6.07 Å². The third kappa shape index (κ3) is 2.92. The summed E-state index contributed by atoms with van der Waals surface area (Å²) in [5.74, 6) is 0. The summed E-state index contributed by atoms with van der Waals surface area (Å²) in [6.07, 6.45) is 0. The second-order valence-corrected chi connectivity index (χ2v) is 6.55. The molecule has 0 unspecified atom stereocenters. The average Bonchev–Trinajstić information content (AvgIpc) is 2.30. The fourth-order valence-corrected chi connectivity index (χ4v) is 3.90. The van der Waals surface area contributed by atoms with Crippen molar-refractivity contribution in [2.24, 2.45) is 0 Å². The highest BCUT2D eigenvalue weighted by molar-refractivity contribution is 6.79. The van der Waals surface area contributed by atoms with Gasteiger partial charge in [0.05, 0.1) is 11.6 Å².